The SMILES string of the molecule is CC(=O)O[C@H](C[C@@H](O)C/C=C1/C=CC(=O)O1)C[C@H](O)/C=C/c1ccccc1. The maximum atomic E-state index is 11.3. The van der Waals surface area contributed by atoms with E-state index in [2.05, 4.69) is 0 Å². The maximum absolute atomic E-state index is 11.3. The average molecular weight is 372 g/mol. The summed E-state index contributed by atoms with van der Waals surface area (Å²) < 4.78 is 10.1. The Morgan fingerprint density at radius 1 is 1.19 bits per heavy atom. The van der Waals surface area contributed by atoms with Crippen LogP contribution < -0.4 is 0 Å². The summed E-state index contributed by atoms with van der Waals surface area (Å²) in [6.45, 7) is 1.29. The van der Waals surface area contributed by atoms with Gasteiger partial charge in [-0.2, -0.15) is 0 Å². The van der Waals surface area contributed by atoms with Crippen molar-refractivity contribution in [1.82, 2.24) is 0 Å². The first-order chi connectivity index (χ1) is 12.9. The molecule has 1 aromatic rings. The molecule has 3 atom stereocenters. The molecule has 2 rings (SSSR count). The van der Waals surface area contributed by atoms with Crippen LogP contribution >= 0.6 is 0 Å². The summed E-state index contributed by atoms with van der Waals surface area (Å²) >= 11 is 0. The lowest BCUT2D eigenvalue weighted by Gasteiger charge is -2.21. The second-order valence-corrected chi connectivity index (χ2v) is 6.29. The van der Waals surface area contributed by atoms with E-state index in [0.717, 1.165) is 5.56 Å². The standard InChI is InChI=1S/C21H24O6/c1-15(22)26-20(13-17(23)8-7-16-5-3-2-4-6-16)14-18(24)9-10-19-11-12-21(25)27-19/h2-8,10-12,17-18,20,23-24H,9,13-14H2,1H3/b8-7+,19-10-/t17-,18+,20+/m1/s1. The van der Waals surface area contributed by atoms with E-state index in [1.54, 1.807) is 18.2 Å². The Hall–Kier alpha value is -2.70. The zero-order chi connectivity index (χ0) is 19.6. The predicted molar refractivity (Wildman–Crippen MR) is 100 cm³/mol. The van der Waals surface area contributed by atoms with Crippen LogP contribution in [0.2, 0.25) is 0 Å². The van der Waals surface area contributed by atoms with Gasteiger partial charge in [0.25, 0.3) is 0 Å². The Balaban J connectivity index is 1.87. The molecule has 27 heavy (non-hydrogen) atoms. The molecule has 6 heteroatoms. The Morgan fingerprint density at radius 3 is 2.56 bits per heavy atom. The highest BCUT2D eigenvalue weighted by Crippen LogP contribution is 2.17. The smallest absolute Gasteiger partial charge is 0.336 e. The van der Waals surface area contributed by atoms with E-state index in [1.807, 2.05) is 30.3 Å². The second-order valence-electron chi connectivity index (χ2n) is 6.29. The fourth-order valence-corrected chi connectivity index (χ4v) is 2.66. The maximum Gasteiger partial charge on any atom is 0.336 e. The number of carbonyl (C=O) groups excluding carboxylic acids is 2. The number of cyclic esters (lactones) is 1. The van der Waals surface area contributed by atoms with Gasteiger partial charge >= 0.3 is 11.9 Å². The average Bonchev–Trinajstić information content (AvgIpc) is 3.04. The minimum absolute atomic E-state index is 0.164. The second kappa shape index (κ2) is 10.4. The molecule has 0 fully saturated rings. The van der Waals surface area contributed by atoms with Crippen molar-refractivity contribution in [3.8, 4) is 0 Å². The van der Waals surface area contributed by atoms with Crippen molar-refractivity contribution < 1.29 is 29.3 Å². The molecule has 0 saturated heterocycles. The predicted octanol–water partition coefficient (Wildman–Crippen LogP) is 2.52. The van der Waals surface area contributed by atoms with Crippen LogP contribution in [0.4, 0.5) is 0 Å². The van der Waals surface area contributed by atoms with Crippen molar-refractivity contribution in [2.24, 2.45) is 0 Å². The van der Waals surface area contributed by atoms with Crippen LogP contribution in [0.15, 0.2) is 60.4 Å². The summed E-state index contributed by atoms with van der Waals surface area (Å²) in [6.07, 6.45) is 6.16. The van der Waals surface area contributed by atoms with E-state index in [4.69, 9.17) is 9.47 Å². The molecular formula is C21H24O6. The molecule has 0 amide bonds. The van der Waals surface area contributed by atoms with Crippen LogP contribution in [0.25, 0.3) is 6.08 Å². The molecule has 0 aromatic heterocycles. The molecular weight excluding hydrogens is 348 g/mol. The summed E-state index contributed by atoms with van der Waals surface area (Å²) in [4.78, 5) is 22.3. The number of carbonyl (C=O) groups is 2. The lowest BCUT2D eigenvalue weighted by molar-refractivity contribution is -0.148. The van der Waals surface area contributed by atoms with Gasteiger partial charge < -0.3 is 19.7 Å². The van der Waals surface area contributed by atoms with E-state index in [-0.39, 0.29) is 19.3 Å². The van der Waals surface area contributed by atoms with Gasteiger partial charge in [0.1, 0.15) is 11.9 Å². The number of aliphatic hydroxyl groups excluding tert-OH is 2. The fourth-order valence-electron chi connectivity index (χ4n) is 2.66. The molecule has 0 radical (unpaired) electrons. The van der Waals surface area contributed by atoms with Crippen molar-refractivity contribution in [3.63, 3.8) is 0 Å². The van der Waals surface area contributed by atoms with Gasteiger partial charge in [-0.05, 0) is 24.1 Å². The number of benzene rings is 1. The van der Waals surface area contributed by atoms with Gasteiger partial charge in [0, 0.05) is 25.8 Å². The van der Waals surface area contributed by atoms with Crippen LogP contribution in [0, 0.1) is 0 Å². The lowest BCUT2D eigenvalue weighted by atomic mass is 10.0. The van der Waals surface area contributed by atoms with E-state index >= 15 is 0 Å². The summed E-state index contributed by atoms with van der Waals surface area (Å²) in [5.74, 6) is -0.534. The molecule has 144 valence electrons. The highest BCUT2D eigenvalue weighted by atomic mass is 16.5. The monoisotopic (exact) mass is 372 g/mol. The van der Waals surface area contributed by atoms with Gasteiger partial charge in [-0.25, -0.2) is 4.79 Å². The Bertz CT molecular complexity index is 719. The number of allylic oxidation sites excluding steroid dienone is 1. The van der Waals surface area contributed by atoms with Crippen molar-refractivity contribution in [2.45, 2.75) is 44.5 Å². The number of rotatable bonds is 9. The Kier molecular flexibility index (Phi) is 7.98. The third-order valence-electron chi connectivity index (χ3n) is 3.88. The van der Waals surface area contributed by atoms with E-state index < -0.39 is 30.3 Å². The third-order valence-corrected chi connectivity index (χ3v) is 3.88. The summed E-state index contributed by atoms with van der Waals surface area (Å²) in [6, 6.07) is 9.52. The summed E-state index contributed by atoms with van der Waals surface area (Å²) in [7, 11) is 0. The normalized spacial score (nSPS) is 18.5. The van der Waals surface area contributed by atoms with Gasteiger partial charge in [0.2, 0.25) is 0 Å². The van der Waals surface area contributed by atoms with Gasteiger partial charge in [0.05, 0.1) is 12.2 Å². The number of hydrogen-bond donors (Lipinski definition) is 2. The first-order valence-corrected chi connectivity index (χ1v) is 8.79. The fraction of sp³-hybridized carbons (Fsp3) is 0.333. The van der Waals surface area contributed by atoms with E-state index in [1.165, 1.54) is 19.1 Å². The lowest BCUT2D eigenvalue weighted by Crippen LogP contribution is -2.26. The molecule has 0 saturated carbocycles. The third kappa shape index (κ3) is 8.02. The van der Waals surface area contributed by atoms with Crippen molar-refractivity contribution in [1.29, 1.82) is 0 Å². The number of aliphatic hydroxyl groups is 2. The van der Waals surface area contributed by atoms with Crippen molar-refractivity contribution >= 4 is 18.0 Å². The molecule has 1 aliphatic heterocycles. The van der Waals surface area contributed by atoms with Gasteiger partial charge in [-0.3, -0.25) is 4.79 Å². The molecule has 6 nitrogen and oxygen atoms in total. The highest BCUT2D eigenvalue weighted by Gasteiger charge is 2.20. The van der Waals surface area contributed by atoms with Gasteiger partial charge in [-0.1, -0.05) is 42.5 Å². The van der Waals surface area contributed by atoms with E-state index in [9.17, 15) is 19.8 Å². The largest absolute Gasteiger partial charge is 0.462 e. The van der Waals surface area contributed by atoms with E-state index in [0.29, 0.717) is 5.76 Å². The number of ether oxygens (including phenoxy) is 2. The molecule has 1 heterocycles. The molecule has 0 bridgehead atoms. The van der Waals surface area contributed by atoms with Gasteiger partial charge in [0.15, 0.2) is 0 Å². The molecule has 0 aliphatic carbocycles. The number of hydrogen-bond acceptors (Lipinski definition) is 6. The summed E-state index contributed by atoms with van der Waals surface area (Å²) in [5.41, 5.74) is 0.950. The van der Waals surface area contributed by atoms with Crippen LogP contribution in [-0.4, -0.2) is 40.5 Å². The highest BCUT2D eigenvalue weighted by molar-refractivity contribution is 5.86. The Labute approximate surface area is 158 Å². The zero-order valence-corrected chi connectivity index (χ0v) is 15.2. The van der Waals surface area contributed by atoms with Crippen LogP contribution in [0.5, 0.6) is 0 Å². The molecule has 2 N–H and O–H groups in total. The van der Waals surface area contributed by atoms with Crippen LogP contribution in [0.3, 0.4) is 0 Å². The van der Waals surface area contributed by atoms with Crippen molar-refractivity contribution in [2.75, 3.05) is 0 Å². The minimum atomic E-state index is -0.821. The summed E-state index contributed by atoms with van der Waals surface area (Å²) in [5, 5.41) is 20.4. The number of esters is 2. The van der Waals surface area contributed by atoms with Crippen molar-refractivity contribution in [3.05, 3.63) is 66.0 Å². The quantitative estimate of drug-likeness (QED) is 0.647. The Morgan fingerprint density at radius 2 is 1.93 bits per heavy atom. The van der Waals surface area contributed by atoms with Gasteiger partial charge in [-0.15, -0.1) is 0 Å². The molecule has 1 aromatic carbocycles. The minimum Gasteiger partial charge on any atom is -0.462 e. The van der Waals surface area contributed by atoms with Crippen LogP contribution in [0.1, 0.15) is 31.7 Å². The first kappa shape index (κ1) is 20.6. The molecule has 0 spiro atoms. The molecule has 1 aliphatic rings. The molecule has 0 unspecified atom stereocenters. The van der Waals surface area contributed by atoms with Crippen LogP contribution in [-0.2, 0) is 19.1 Å². The zero-order valence-electron chi connectivity index (χ0n) is 15.2. The first-order valence-electron chi connectivity index (χ1n) is 8.79. The topological polar surface area (TPSA) is 93.1 Å².